The van der Waals surface area contributed by atoms with E-state index in [1.54, 1.807) is 7.11 Å². The highest BCUT2D eigenvalue weighted by atomic mass is 16.5. The highest BCUT2D eigenvalue weighted by molar-refractivity contribution is 5.46. The molecule has 0 aliphatic carbocycles. The Labute approximate surface area is 122 Å². The summed E-state index contributed by atoms with van der Waals surface area (Å²) < 4.78 is 16.5. The van der Waals surface area contributed by atoms with Crippen molar-refractivity contribution in [1.82, 2.24) is 5.32 Å². The Morgan fingerprint density at radius 3 is 2.70 bits per heavy atom. The second-order valence-electron chi connectivity index (χ2n) is 4.83. The second kappa shape index (κ2) is 9.61. The van der Waals surface area contributed by atoms with Gasteiger partial charge in [-0.2, -0.15) is 0 Å². The van der Waals surface area contributed by atoms with Gasteiger partial charge in [0.05, 0.1) is 19.8 Å². The fourth-order valence-electron chi connectivity index (χ4n) is 1.91. The summed E-state index contributed by atoms with van der Waals surface area (Å²) in [6.45, 7) is 9.21. The van der Waals surface area contributed by atoms with Crippen LogP contribution < -0.4 is 14.8 Å². The summed E-state index contributed by atoms with van der Waals surface area (Å²) >= 11 is 0. The van der Waals surface area contributed by atoms with Crippen LogP contribution in [0.25, 0.3) is 0 Å². The Kier molecular flexibility index (Phi) is 8.07. The SMILES string of the molecule is CCOc1c(CNCCCOC(C)C)cccc1OC. The maximum atomic E-state index is 5.68. The van der Waals surface area contributed by atoms with Crippen molar-refractivity contribution < 1.29 is 14.2 Å². The fraction of sp³-hybridized carbons (Fsp3) is 0.625. The summed E-state index contributed by atoms with van der Waals surface area (Å²) in [6, 6.07) is 5.97. The van der Waals surface area contributed by atoms with Crippen molar-refractivity contribution in [3.63, 3.8) is 0 Å². The summed E-state index contributed by atoms with van der Waals surface area (Å²) in [7, 11) is 1.66. The van der Waals surface area contributed by atoms with Gasteiger partial charge >= 0.3 is 0 Å². The van der Waals surface area contributed by atoms with Crippen LogP contribution in [0.2, 0.25) is 0 Å². The van der Waals surface area contributed by atoms with Gasteiger partial charge in [0.25, 0.3) is 0 Å². The third kappa shape index (κ3) is 5.80. The molecule has 0 fully saturated rings. The largest absolute Gasteiger partial charge is 0.493 e. The third-order valence-corrected chi connectivity index (χ3v) is 2.83. The minimum atomic E-state index is 0.304. The number of nitrogens with one attached hydrogen (secondary N) is 1. The lowest BCUT2D eigenvalue weighted by atomic mass is 10.2. The molecule has 114 valence electrons. The van der Waals surface area contributed by atoms with Gasteiger partial charge in [-0.05, 0) is 39.8 Å². The average Bonchev–Trinajstić information content (AvgIpc) is 2.44. The summed E-state index contributed by atoms with van der Waals surface area (Å²) in [5.74, 6) is 1.62. The highest BCUT2D eigenvalue weighted by Crippen LogP contribution is 2.30. The van der Waals surface area contributed by atoms with Crippen molar-refractivity contribution in [1.29, 1.82) is 0 Å². The standard InChI is InChI=1S/C16H27NO3/c1-5-19-16-14(8-6-9-15(16)18-4)12-17-10-7-11-20-13(2)3/h6,8-9,13,17H,5,7,10-12H2,1-4H3. The zero-order valence-electron chi connectivity index (χ0n) is 13.1. The normalized spacial score (nSPS) is 10.8. The molecule has 0 saturated heterocycles. The zero-order chi connectivity index (χ0) is 14.8. The zero-order valence-corrected chi connectivity index (χ0v) is 13.1. The van der Waals surface area contributed by atoms with Crippen LogP contribution in [0.15, 0.2) is 18.2 Å². The van der Waals surface area contributed by atoms with Gasteiger partial charge < -0.3 is 19.5 Å². The first-order valence-corrected chi connectivity index (χ1v) is 7.30. The number of hydrogen-bond donors (Lipinski definition) is 1. The van der Waals surface area contributed by atoms with Crippen molar-refractivity contribution in [3.8, 4) is 11.5 Å². The second-order valence-corrected chi connectivity index (χ2v) is 4.83. The lowest BCUT2D eigenvalue weighted by Crippen LogP contribution is -2.18. The smallest absolute Gasteiger partial charge is 0.165 e. The number of hydrogen-bond acceptors (Lipinski definition) is 4. The molecule has 0 aliphatic heterocycles. The molecular weight excluding hydrogens is 254 g/mol. The molecule has 0 atom stereocenters. The summed E-state index contributed by atoms with van der Waals surface area (Å²) in [5, 5.41) is 3.41. The van der Waals surface area contributed by atoms with Crippen molar-refractivity contribution >= 4 is 0 Å². The molecule has 0 radical (unpaired) electrons. The van der Waals surface area contributed by atoms with E-state index in [1.807, 2.05) is 19.1 Å². The van der Waals surface area contributed by atoms with Gasteiger partial charge in [-0.25, -0.2) is 0 Å². The van der Waals surface area contributed by atoms with E-state index < -0.39 is 0 Å². The Balaban J connectivity index is 2.42. The lowest BCUT2D eigenvalue weighted by molar-refractivity contribution is 0.0770. The molecule has 4 nitrogen and oxygen atoms in total. The predicted molar refractivity (Wildman–Crippen MR) is 81.6 cm³/mol. The first kappa shape index (κ1) is 16.8. The van der Waals surface area contributed by atoms with Gasteiger partial charge in [0, 0.05) is 18.7 Å². The minimum absolute atomic E-state index is 0.304. The van der Waals surface area contributed by atoms with E-state index in [0.29, 0.717) is 12.7 Å². The monoisotopic (exact) mass is 281 g/mol. The quantitative estimate of drug-likeness (QED) is 0.669. The van der Waals surface area contributed by atoms with Crippen molar-refractivity contribution in [2.45, 2.75) is 39.8 Å². The van der Waals surface area contributed by atoms with Crippen molar-refractivity contribution in [2.24, 2.45) is 0 Å². The Hall–Kier alpha value is -1.26. The summed E-state index contributed by atoms with van der Waals surface area (Å²) in [6.07, 6.45) is 1.31. The van der Waals surface area contributed by atoms with Crippen LogP contribution in [-0.4, -0.2) is 33.0 Å². The molecule has 1 aromatic rings. The van der Waals surface area contributed by atoms with E-state index in [0.717, 1.165) is 43.2 Å². The molecule has 0 aliphatic rings. The molecule has 0 saturated carbocycles. The van der Waals surface area contributed by atoms with Crippen LogP contribution in [0.5, 0.6) is 11.5 Å². The highest BCUT2D eigenvalue weighted by Gasteiger charge is 2.09. The molecule has 0 bridgehead atoms. The molecule has 4 heteroatoms. The number of methoxy groups -OCH3 is 1. The molecule has 0 unspecified atom stereocenters. The first-order chi connectivity index (χ1) is 9.69. The summed E-state index contributed by atoms with van der Waals surface area (Å²) in [4.78, 5) is 0. The third-order valence-electron chi connectivity index (χ3n) is 2.83. The Morgan fingerprint density at radius 1 is 1.25 bits per heavy atom. The van der Waals surface area contributed by atoms with Gasteiger partial charge in [0.2, 0.25) is 0 Å². The molecule has 0 amide bonds. The van der Waals surface area contributed by atoms with Crippen molar-refractivity contribution in [3.05, 3.63) is 23.8 Å². The van der Waals surface area contributed by atoms with Crippen LogP contribution in [0.1, 0.15) is 32.8 Å². The van der Waals surface area contributed by atoms with E-state index in [1.165, 1.54) is 0 Å². The van der Waals surface area contributed by atoms with Gasteiger partial charge in [-0.3, -0.25) is 0 Å². The van der Waals surface area contributed by atoms with Crippen LogP contribution >= 0.6 is 0 Å². The topological polar surface area (TPSA) is 39.7 Å². The Bertz CT molecular complexity index is 380. The van der Waals surface area contributed by atoms with Gasteiger partial charge in [-0.1, -0.05) is 12.1 Å². The maximum absolute atomic E-state index is 5.68. The van der Waals surface area contributed by atoms with E-state index in [4.69, 9.17) is 14.2 Å². The predicted octanol–water partition coefficient (Wildman–Crippen LogP) is 3.00. The summed E-state index contributed by atoms with van der Waals surface area (Å²) in [5.41, 5.74) is 1.12. The minimum Gasteiger partial charge on any atom is -0.493 e. The van der Waals surface area contributed by atoms with E-state index in [-0.39, 0.29) is 0 Å². The van der Waals surface area contributed by atoms with Crippen molar-refractivity contribution in [2.75, 3.05) is 26.9 Å². The average molecular weight is 281 g/mol. The van der Waals surface area contributed by atoms with Gasteiger partial charge in [-0.15, -0.1) is 0 Å². The number of rotatable bonds is 10. The van der Waals surface area contributed by atoms with Crippen LogP contribution in [0, 0.1) is 0 Å². The van der Waals surface area contributed by atoms with Crippen LogP contribution in [-0.2, 0) is 11.3 Å². The number of para-hydroxylation sites is 1. The maximum Gasteiger partial charge on any atom is 0.165 e. The van der Waals surface area contributed by atoms with Gasteiger partial charge in [0.15, 0.2) is 11.5 Å². The number of benzene rings is 1. The van der Waals surface area contributed by atoms with E-state index >= 15 is 0 Å². The molecule has 0 spiro atoms. The molecule has 0 aromatic heterocycles. The molecular formula is C16H27NO3. The molecule has 1 N–H and O–H groups in total. The first-order valence-electron chi connectivity index (χ1n) is 7.30. The van der Waals surface area contributed by atoms with Crippen LogP contribution in [0.3, 0.4) is 0 Å². The van der Waals surface area contributed by atoms with Crippen LogP contribution in [0.4, 0.5) is 0 Å². The molecule has 1 aromatic carbocycles. The molecule has 0 heterocycles. The number of ether oxygens (including phenoxy) is 3. The fourth-order valence-corrected chi connectivity index (χ4v) is 1.91. The molecule has 20 heavy (non-hydrogen) atoms. The lowest BCUT2D eigenvalue weighted by Gasteiger charge is -2.14. The van der Waals surface area contributed by atoms with E-state index in [2.05, 4.69) is 25.2 Å². The van der Waals surface area contributed by atoms with E-state index in [9.17, 15) is 0 Å². The van der Waals surface area contributed by atoms with Gasteiger partial charge in [0.1, 0.15) is 0 Å². The Morgan fingerprint density at radius 2 is 2.05 bits per heavy atom. The molecule has 1 rings (SSSR count).